The third-order valence-electron chi connectivity index (χ3n) is 3.83. The van der Waals surface area contributed by atoms with E-state index in [1.54, 1.807) is 6.92 Å². The van der Waals surface area contributed by atoms with Crippen LogP contribution in [0.25, 0.3) is 0 Å². The molecule has 1 aromatic rings. The Morgan fingerprint density at radius 1 is 1.33 bits per heavy atom. The number of carboxylic acids is 1. The number of rotatable bonds is 2. The summed E-state index contributed by atoms with van der Waals surface area (Å²) in [6.07, 6.45) is 1.19. The van der Waals surface area contributed by atoms with Crippen LogP contribution in [0.4, 0.5) is 5.69 Å². The van der Waals surface area contributed by atoms with Crippen LogP contribution in [0.1, 0.15) is 30.1 Å². The van der Waals surface area contributed by atoms with E-state index in [2.05, 4.69) is 0 Å². The van der Waals surface area contributed by atoms with Crippen LogP contribution in [0.5, 0.6) is 0 Å². The van der Waals surface area contributed by atoms with E-state index < -0.39 is 11.4 Å². The predicted octanol–water partition coefficient (Wildman–Crippen LogP) is 2.90. The number of nitrogen functional groups attached to an aromatic ring is 1. The molecule has 1 aliphatic rings. The second-order valence-corrected chi connectivity index (χ2v) is 6.36. The van der Waals surface area contributed by atoms with E-state index in [-0.39, 0.29) is 28.2 Å². The number of benzene rings is 1. The highest BCUT2D eigenvalue weighted by atomic mass is 35.5. The third-order valence-corrected chi connectivity index (χ3v) is 4.45. The SMILES string of the molecule is CC1(C(=O)O)CCCN(C(=O)c2cc(Cl)c(N)c(Cl)c2)C1. The lowest BCUT2D eigenvalue weighted by molar-refractivity contribution is -0.150. The number of nitrogens with zero attached hydrogens (tertiary/aromatic N) is 1. The number of anilines is 1. The normalized spacial score (nSPS) is 22.1. The van der Waals surface area contributed by atoms with Gasteiger partial charge in [-0.05, 0) is 31.9 Å². The number of likely N-dealkylation sites (tertiary alicyclic amines) is 1. The first-order chi connectivity index (χ1) is 9.74. The van der Waals surface area contributed by atoms with Gasteiger partial charge in [-0.3, -0.25) is 9.59 Å². The molecule has 114 valence electrons. The maximum Gasteiger partial charge on any atom is 0.311 e. The highest BCUT2D eigenvalue weighted by Crippen LogP contribution is 2.33. The van der Waals surface area contributed by atoms with Crippen LogP contribution in [-0.4, -0.2) is 35.0 Å². The van der Waals surface area contributed by atoms with Crippen LogP contribution < -0.4 is 5.73 Å². The fraction of sp³-hybridized carbons (Fsp3) is 0.429. The molecule has 1 atom stereocenters. The maximum absolute atomic E-state index is 12.5. The van der Waals surface area contributed by atoms with Gasteiger partial charge in [0.05, 0.1) is 21.1 Å². The summed E-state index contributed by atoms with van der Waals surface area (Å²) in [5.41, 5.74) is 5.26. The van der Waals surface area contributed by atoms with Crippen LogP contribution in [0.2, 0.25) is 10.0 Å². The van der Waals surface area contributed by atoms with Gasteiger partial charge in [0.2, 0.25) is 0 Å². The molecule has 1 unspecified atom stereocenters. The van der Waals surface area contributed by atoms with Gasteiger partial charge in [0.1, 0.15) is 0 Å². The van der Waals surface area contributed by atoms with E-state index in [0.29, 0.717) is 24.9 Å². The Morgan fingerprint density at radius 2 is 1.90 bits per heavy atom. The highest BCUT2D eigenvalue weighted by molar-refractivity contribution is 6.39. The lowest BCUT2D eigenvalue weighted by Gasteiger charge is -2.37. The molecule has 0 bridgehead atoms. The quantitative estimate of drug-likeness (QED) is 0.816. The molecule has 1 saturated heterocycles. The molecular formula is C14H16Cl2N2O3. The van der Waals surface area contributed by atoms with Gasteiger partial charge in [-0.25, -0.2) is 0 Å². The van der Waals surface area contributed by atoms with Gasteiger partial charge in [0, 0.05) is 18.7 Å². The molecule has 0 radical (unpaired) electrons. The molecule has 0 aliphatic carbocycles. The lowest BCUT2D eigenvalue weighted by atomic mass is 9.82. The number of hydrogen-bond acceptors (Lipinski definition) is 3. The summed E-state index contributed by atoms with van der Waals surface area (Å²) in [5.74, 6) is -1.18. The van der Waals surface area contributed by atoms with Crippen LogP contribution in [0.15, 0.2) is 12.1 Å². The number of carbonyl (C=O) groups excluding carboxylic acids is 1. The molecule has 1 heterocycles. The van der Waals surface area contributed by atoms with Gasteiger partial charge in [0.15, 0.2) is 0 Å². The minimum Gasteiger partial charge on any atom is -0.481 e. The first-order valence-electron chi connectivity index (χ1n) is 6.52. The van der Waals surface area contributed by atoms with Crippen molar-refractivity contribution in [3.8, 4) is 0 Å². The first kappa shape index (κ1) is 15.9. The van der Waals surface area contributed by atoms with E-state index in [4.69, 9.17) is 28.9 Å². The van der Waals surface area contributed by atoms with Crippen molar-refractivity contribution >= 4 is 40.8 Å². The van der Waals surface area contributed by atoms with Crippen LogP contribution >= 0.6 is 23.2 Å². The number of halogens is 2. The minimum absolute atomic E-state index is 0.167. The standard InChI is InChI=1S/C14H16Cl2N2O3/c1-14(13(20)21)3-2-4-18(7-14)12(19)8-5-9(15)11(17)10(16)6-8/h5-6H,2-4,7,17H2,1H3,(H,20,21). The molecule has 2 rings (SSSR count). The van der Waals surface area contributed by atoms with Gasteiger partial charge < -0.3 is 15.7 Å². The Balaban J connectivity index is 2.26. The fourth-order valence-corrected chi connectivity index (χ4v) is 2.96. The van der Waals surface area contributed by atoms with Gasteiger partial charge >= 0.3 is 5.97 Å². The fourth-order valence-electron chi connectivity index (χ4n) is 2.48. The van der Waals surface area contributed by atoms with Gasteiger partial charge in [-0.15, -0.1) is 0 Å². The average molecular weight is 331 g/mol. The summed E-state index contributed by atoms with van der Waals surface area (Å²) < 4.78 is 0. The largest absolute Gasteiger partial charge is 0.481 e. The summed E-state index contributed by atoms with van der Waals surface area (Å²) in [5, 5.41) is 9.72. The summed E-state index contributed by atoms with van der Waals surface area (Å²) in [7, 11) is 0. The average Bonchev–Trinajstić information content (AvgIpc) is 2.43. The van der Waals surface area contributed by atoms with E-state index >= 15 is 0 Å². The molecule has 1 aliphatic heterocycles. The molecule has 0 spiro atoms. The maximum atomic E-state index is 12.5. The molecule has 0 saturated carbocycles. The van der Waals surface area contributed by atoms with Crippen molar-refractivity contribution in [1.82, 2.24) is 4.90 Å². The van der Waals surface area contributed by atoms with Crippen molar-refractivity contribution in [2.75, 3.05) is 18.8 Å². The number of aliphatic carboxylic acids is 1. The number of carbonyl (C=O) groups is 2. The summed E-state index contributed by atoms with van der Waals surface area (Å²) in [6, 6.07) is 2.91. The van der Waals surface area contributed by atoms with E-state index in [9.17, 15) is 14.7 Å². The lowest BCUT2D eigenvalue weighted by Crippen LogP contribution is -2.48. The Hall–Kier alpha value is -1.46. The molecule has 7 heteroatoms. The zero-order valence-corrected chi connectivity index (χ0v) is 13.0. The zero-order valence-electron chi connectivity index (χ0n) is 11.5. The topological polar surface area (TPSA) is 83.6 Å². The number of carboxylic acid groups (broad SMARTS) is 1. The molecule has 21 heavy (non-hydrogen) atoms. The zero-order chi connectivity index (χ0) is 15.8. The summed E-state index contributed by atoms with van der Waals surface area (Å²) >= 11 is 11.9. The van der Waals surface area contributed by atoms with Gasteiger partial charge in [-0.1, -0.05) is 23.2 Å². The van der Waals surface area contributed by atoms with Crippen molar-refractivity contribution in [1.29, 1.82) is 0 Å². The Morgan fingerprint density at radius 3 is 2.43 bits per heavy atom. The summed E-state index contributed by atoms with van der Waals surface area (Å²) in [4.78, 5) is 25.4. The number of hydrogen-bond donors (Lipinski definition) is 2. The van der Waals surface area contributed by atoms with Crippen LogP contribution in [-0.2, 0) is 4.79 Å². The van der Waals surface area contributed by atoms with Gasteiger partial charge in [-0.2, -0.15) is 0 Å². The Bertz CT molecular complexity index is 583. The van der Waals surface area contributed by atoms with Crippen LogP contribution in [0.3, 0.4) is 0 Å². The highest BCUT2D eigenvalue weighted by Gasteiger charge is 2.39. The minimum atomic E-state index is -0.921. The Labute approximate surface area is 132 Å². The van der Waals surface area contributed by atoms with Gasteiger partial charge in [0.25, 0.3) is 5.91 Å². The molecule has 3 N–H and O–H groups in total. The van der Waals surface area contributed by atoms with Crippen LogP contribution in [0, 0.1) is 5.41 Å². The summed E-state index contributed by atoms with van der Waals surface area (Å²) in [6.45, 7) is 2.33. The first-order valence-corrected chi connectivity index (χ1v) is 7.27. The molecule has 5 nitrogen and oxygen atoms in total. The predicted molar refractivity (Wildman–Crippen MR) is 81.8 cm³/mol. The number of amides is 1. The number of nitrogens with two attached hydrogens (primary N) is 1. The second-order valence-electron chi connectivity index (χ2n) is 5.55. The molecular weight excluding hydrogens is 315 g/mol. The monoisotopic (exact) mass is 330 g/mol. The van der Waals surface area contributed by atoms with E-state index in [0.717, 1.165) is 0 Å². The van der Waals surface area contributed by atoms with E-state index in [1.165, 1.54) is 17.0 Å². The second kappa shape index (κ2) is 5.73. The Kier molecular flexibility index (Phi) is 4.35. The van der Waals surface area contributed by atoms with Crippen molar-refractivity contribution in [3.63, 3.8) is 0 Å². The molecule has 0 aromatic heterocycles. The smallest absolute Gasteiger partial charge is 0.311 e. The molecule has 1 aromatic carbocycles. The van der Waals surface area contributed by atoms with Crippen molar-refractivity contribution in [2.24, 2.45) is 5.41 Å². The van der Waals surface area contributed by atoms with Crippen molar-refractivity contribution in [3.05, 3.63) is 27.7 Å². The van der Waals surface area contributed by atoms with Crippen molar-refractivity contribution in [2.45, 2.75) is 19.8 Å². The molecule has 1 amide bonds. The third kappa shape index (κ3) is 3.09. The van der Waals surface area contributed by atoms with E-state index in [1.807, 2.05) is 0 Å². The molecule has 1 fully saturated rings. The number of piperidine rings is 1. The van der Waals surface area contributed by atoms with Crippen molar-refractivity contribution < 1.29 is 14.7 Å².